The van der Waals surface area contributed by atoms with Gasteiger partial charge in [-0.05, 0) is 61.7 Å². The molecule has 0 bridgehead atoms. The summed E-state index contributed by atoms with van der Waals surface area (Å²) in [6, 6.07) is 11.2. The lowest BCUT2D eigenvalue weighted by Crippen LogP contribution is -2.41. The summed E-state index contributed by atoms with van der Waals surface area (Å²) in [4.78, 5) is 17.5. The van der Waals surface area contributed by atoms with Crippen molar-refractivity contribution in [1.29, 1.82) is 0 Å². The van der Waals surface area contributed by atoms with Crippen LogP contribution in [0.4, 0.5) is 4.39 Å². The lowest BCUT2D eigenvalue weighted by Gasteiger charge is -2.32. The van der Waals surface area contributed by atoms with Gasteiger partial charge in [-0.25, -0.2) is 17.8 Å². The molecule has 174 valence electrons. The van der Waals surface area contributed by atoms with Crippen LogP contribution in [-0.4, -0.2) is 40.8 Å². The Morgan fingerprint density at radius 1 is 1.12 bits per heavy atom. The van der Waals surface area contributed by atoms with Gasteiger partial charge in [-0.3, -0.25) is 4.79 Å². The summed E-state index contributed by atoms with van der Waals surface area (Å²) in [6.45, 7) is 2.43. The lowest BCUT2D eigenvalue weighted by atomic mass is 10.1. The van der Waals surface area contributed by atoms with Crippen LogP contribution in [0, 0.1) is 5.82 Å². The molecule has 2 aromatic carbocycles. The number of sulfonamides is 1. The molecule has 2 atom stereocenters. The number of hydrogen-bond acceptors (Lipinski definition) is 4. The number of carbonyl (C=O) groups is 1. The van der Waals surface area contributed by atoms with Crippen LogP contribution in [0.2, 0.25) is 0 Å². The molecule has 3 aromatic rings. The van der Waals surface area contributed by atoms with E-state index in [0.717, 1.165) is 19.3 Å². The van der Waals surface area contributed by atoms with Gasteiger partial charge >= 0.3 is 0 Å². The van der Waals surface area contributed by atoms with Gasteiger partial charge in [0.15, 0.2) is 0 Å². The topological polar surface area (TPSA) is 84.3 Å². The fourth-order valence-corrected chi connectivity index (χ4v) is 5.86. The number of aromatic nitrogens is 2. The Morgan fingerprint density at radius 2 is 1.82 bits per heavy atom. The van der Waals surface area contributed by atoms with Gasteiger partial charge in [0.1, 0.15) is 17.7 Å². The summed E-state index contributed by atoms with van der Waals surface area (Å²) in [5.41, 5.74) is 0.999. The van der Waals surface area contributed by atoms with E-state index in [9.17, 15) is 17.6 Å². The Balaban J connectivity index is 1.57. The van der Waals surface area contributed by atoms with Gasteiger partial charge < -0.3 is 9.88 Å². The van der Waals surface area contributed by atoms with Crippen LogP contribution in [0.1, 0.15) is 54.0 Å². The summed E-state index contributed by atoms with van der Waals surface area (Å²) in [5.74, 6) is -0.167. The van der Waals surface area contributed by atoms with Gasteiger partial charge in [-0.2, -0.15) is 4.31 Å². The molecule has 9 heteroatoms. The van der Waals surface area contributed by atoms with Gasteiger partial charge in [-0.1, -0.05) is 18.6 Å². The van der Waals surface area contributed by atoms with E-state index in [1.807, 2.05) is 14.0 Å². The van der Waals surface area contributed by atoms with Gasteiger partial charge in [-0.15, -0.1) is 0 Å². The van der Waals surface area contributed by atoms with Crippen molar-refractivity contribution in [2.75, 3.05) is 6.54 Å². The molecule has 2 unspecified atom stereocenters. The molecule has 1 N–H and O–H groups in total. The van der Waals surface area contributed by atoms with Crippen LogP contribution in [0.3, 0.4) is 0 Å². The predicted molar refractivity (Wildman–Crippen MR) is 123 cm³/mol. The maximum absolute atomic E-state index is 13.4. The minimum atomic E-state index is -3.61. The molecule has 1 aliphatic rings. The number of imidazole rings is 1. The number of aryl methyl sites for hydroxylation is 1. The first-order valence-corrected chi connectivity index (χ1v) is 12.4. The Labute approximate surface area is 193 Å². The Bertz CT molecular complexity index is 1220. The largest absolute Gasteiger partial charge is 0.338 e. The highest BCUT2D eigenvalue weighted by molar-refractivity contribution is 7.89. The highest BCUT2D eigenvalue weighted by atomic mass is 32.2. The van der Waals surface area contributed by atoms with E-state index < -0.39 is 16.1 Å². The number of nitrogens with one attached hydrogen (secondary N) is 1. The average Bonchev–Trinajstić information content (AvgIpc) is 3.24. The van der Waals surface area contributed by atoms with Crippen molar-refractivity contribution >= 4 is 15.9 Å². The molecule has 0 aliphatic carbocycles. The maximum atomic E-state index is 13.4. The zero-order chi connectivity index (χ0) is 23.6. The molecule has 1 amide bonds. The van der Waals surface area contributed by atoms with E-state index in [2.05, 4.69) is 10.3 Å². The number of nitrogens with zero attached hydrogens (tertiary/aromatic N) is 3. The molecule has 1 aromatic heterocycles. The van der Waals surface area contributed by atoms with Crippen LogP contribution in [0.25, 0.3) is 0 Å². The van der Waals surface area contributed by atoms with Crippen molar-refractivity contribution in [2.45, 2.75) is 43.2 Å². The Kier molecular flexibility index (Phi) is 6.62. The molecule has 4 rings (SSSR count). The maximum Gasteiger partial charge on any atom is 0.252 e. The second-order valence-electron chi connectivity index (χ2n) is 8.34. The molecule has 1 saturated heterocycles. The van der Waals surface area contributed by atoms with Crippen molar-refractivity contribution in [1.82, 2.24) is 19.2 Å². The van der Waals surface area contributed by atoms with Crippen molar-refractivity contribution in [3.8, 4) is 0 Å². The van der Waals surface area contributed by atoms with Crippen LogP contribution < -0.4 is 5.32 Å². The second kappa shape index (κ2) is 9.44. The van der Waals surface area contributed by atoms with Crippen molar-refractivity contribution in [3.05, 3.63) is 83.7 Å². The van der Waals surface area contributed by atoms with Crippen molar-refractivity contribution in [3.63, 3.8) is 0 Å². The summed E-state index contributed by atoms with van der Waals surface area (Å²) in [6.07, 6.45) is 6.11. The van der Waals surface area contributed by atoms with Crippen LogP contribution in [0.5, 0.6) is 0 Å². The monoisotopic (exact) mass is 470 g/mol. The smallest absolute Gasteiger partial charge is 0.252 e. The van der Waals surface area contributed by atoms with E-state index in [1.165, 1.54) is 40.7 Å². The SMILES string of the molecule is CC1CCCCN1S(=O)(=O)c1ccc(C(=O)NC(c2ccc(F)cc2)c2nccn2C)cc1. The van der Waals surface area contributed by atoms with E-state index in [4.69, 9.17) is 0 Å². The zero-order valence-corrected chi connectivity index (χ0v) is 19.4. The number of halogens is 1. The predicted octanol–water partition coefficient (Wildman–Crippen LogP) is 3.64. The van der Waals surface area contributed by atoms with Gasteiger partial charge in [0.05, 0.1) is 4.90 Å². The Hall–Kier alpha value is -3.04. The summed E-state index contributed by atoms with van der Waals surface area (Å²) < 4.78 is 42.8. The molecule has 0 spiro atoms. The lowest BCUT2D eigenvalue weighted by molar-refractivity contribution is 0.0941. The molecular formula is C24H27FN4O3S. The van der Waals surface area contributed by atoms with Gasteiger partial charge in [0.25, 0.3) is 5.91 Å². The normalized spacial score (nSPS) is 18.1. The summed E-state index contributed by atoms with van der Waals surface area (Å²) in [5, 5.41) is 2.94. The molecular weight excluding hydrogens is 443 g/mol. The summed E-state index contributed by atoms with van der Waals surface area (Å²) >= 11 is 0. The second-order valence-corrected chi connectivity index (χ2v) is 10.2. The van der Waals surface area contributed by atoms with E-state index in [1.54, 1.807) is 29.1 Å². The third kappa shape index (κ3) is 4.84. The molecule has 1 fully saturated rings. The average molecular weight is 471 g/mol. The van der Waals surface area contributed by atoms with Crippen LogP contribution in [-0.2, 0) is 17.1 Å². The fourth-order valence-electron chi connectivity index (χ4n) is 4.16. The first kappa shape index (κ1) is 23.1. The number of piperidine rings is 1. The van der Waals surface area contributed by atoms with E-state index >= 15 is 0 Å². The van der Waals surface area contributed by atoms with Gasteiger partial charge in [0.2, 0.25) is 10.0 Å². The Morgan fingerprint density at radius 3 is 2.42 bits per heavy atom. The highest BCUT2D eigenvalue weighted by Crippen LogP contribution is 2.26. The standard InChI is InChI=1S/C24H27FN4O3S/c1-17-5-3-4-15-29(17)33(31,32)21-12-8-19(9-13-21)24(30)27-22(23-26-14-16-28(23)2)18-6-10-20(25)11-7-18/h6-14,16-17,22H,3-5,15H2,1-2H3,(H,27,30). The summed E-state index contributed by atoms with van der Waals surface area (Å²) in [7, 11) is -1.80. The molecule has 33 heavy (non-hydrogen) atoms. The quantitative estimate of drug-likeness (QED) is 0.596. The number of hydrogen-bond donors (Lipinski definition) is 1. The van der Waals surface area contributed by atoms with Crippen LogP contribution in [0.15, 0.2) is 65.8 Å². The third-order valence-electron chi connectivity index (χ3n) is 6.06. The number of benzene rings is 2. The van der Waals surface area contributed by atoms with Crippen molar-refractivity contribution < 1.29 is 17.6 Å². The van der Waals surface area contributed by atoms with E-state index in [0.29, 0.717) is 23.5 Å². The minimum Gasteiger partial charge on any atom is -0.338 e. The fraction of sp³-hybridized carbons (Fsp3) is 0.333. The van der Waals surface area contributed by atoms with Crippen molar-refractivity contribution in [2.24, 2.45) is 7.05 Å². The molecule has 1 aliphatic heterocycles. The van der Waals surface area contributed by atoms with Crippen LogP contribution >= 0.6 is 0 Å². The first-order valence-electron chi connectivity index (χ1n) is 10.9. The third-order valence-corrected chi connectivity index (χ3v) is 8.09. The molecule has 0 radical (unpaired) electrons. The number of amides is 1. The first-order chi connectivity index (χ1) is 15.8. The number of carbonyl (C=O) groups excluding carboxylic acids is 1. The molecule has 2 heterocycles. The molecule has 7 nitrogen and oxygen atoms in total. The van der Waals surface area contributed by atoms with E-state index in [-0.39, 0.29) is 22.7 Å². The number of rotatable bonds is 6. The molecule has 0 saturated carbocycles. The van der Waals surface area contributed by atoms with Gasteiger partial charge in [0, 0.05) is 37.6 Å². The highest BCUT2D eigenvalue weighted by Gasteiger charge is 2.31. The zero-order valence-electron chi connectivity index (χ0n) is 18.6. The minimum absolute atomic E-state index is 0.0408.